The van der Waals surface area contributed by atoms with Crippen LogP contribution in [0.25, 0.3) is 0 Å². The molecule has 6 nitrogen and oxygen atoms in total. The quantitative estimate of drug-likeness (QED) is 0.585. The van der Waals surface area contributed by atoms with Gasteiger partial charge in [0.25, 0.3) is 0 Å². The van der Waals surface area contributed by atoms with Gasteiger partial charge in [-0.15, -0.1) is 0 Å². The fraction of sp³-hybridized carbons (Fsp3) is 0.250. The number of hydrogen-bond donors (Lipinski definition) is 0. The predicted octanol–water partition coefficient (Wildman–Crippen LogP) is 0.847. The van der Waals surface area contributed by atoms with E-state index in [4.69, 9.17) is 0 Å². The first kappa shape index (κ1) is 13.7. The minimum absolute atomic E-state index is 0.104. The molecular formula is C12H11O6. The minimum Gasteiger partial charge on any atom is -0.465 e. The molecule has 1 rings (SSSR count). The minimum atomic E-state index is -0.829. The van der Waals surface area contributed by atoms with Crippen LogP contribution < -0.4 is 0 Å². The summed E-state index contributed by atoms with van der Waals surface area (Å²) in [7, 11) is 3.46. The van der Waals surface area contributed by atoms with E-state index in [9.17, 15) is 14.4 Å². The summed E-state index contributed by atoms with van der Waals surface area (Å²) in [4.78, 5) is 34.7. The molecule has 0 aromatic heterocycles. The molecule has 95 valence electrons. The van der Waals surface area contributed by atoms with Crippen molar-refractivity contribution in [1.82, 2.24) is 0 Å². The van der Waals surface area contributed by atoms with E-state index in [1.165, 1.54) is 12.1 Å². The first-order chi connectivity index (χ1) is 8.56. The molecule has 0 aliphatic carbocycles. The largest absolute Gasteiger partial charge is 0.465 e. The van der Waals surface area contributed by atoms with Gasteiger partial charge in [0, 0.05) is 0 Å². The second-order valence-corrected chi connectivity index (χ2v) is 3.13. The highest BCUT2D eigenvalue weighted by molar-refractivity contribution is 6.10. The van der Waals surface area contributed by atoms with Gasteiger partial charge in [-0.3, -0.25) is 0 Å². The van der Waals surface area contributed by atoms with Gasteiger partial charge in [0.1, 0.15) is 0 Å². The molecule has 1 radical (unpaired) electrons. The smallest absolute Gasteiger partial charge is 0.339 e. The topological polar surface area (TPSA) is 78.9 Å². The first-order valence-electron chi connectivity index (χ1n) is 4.85. The number of carbonyl (C=O) groups excluding carboxylic acids is 3. The zero-order valence-corrected chi connectivity index (χ0v) is 10.1. The van der Waals surface area contributed by atoms with Gasteiger partial charge in [-0.05, 0) is 18.2 Å². The van der Waals surface area contributed by atoms with Crippen molar-refractivity contribution in [2.75, 3.05) is 21.3 Å². The molecule has 0 aliphatic rings. The molecule has 1 aromatic carbocycles. The summed E-state index contributed by atoms with van der Waals surface area (Å²) in [5.74, 6) is -2.36. The van der Waals surface area contributed by atoms with Crippen LogP contribution in [0.2, 0.25) is 0 Å². The maximum Gasteiger partial charge on any atom is 0.339 e. The van der Waals surface area contributed by atoms with E-state index < -0.39 is 17.9 Å². The van der Waals surface area contributed by atoms with Crippen LogP contribution in [0.15, 0.2) is 12.1 Å². The van der Waals surface area contributed by atoms with E-state index in [0.29, 0.717) is 0 Å². The Morgan fingerprint density at radius 3 is 1.56 bits per heavy atom. The summed E-state index contributed by atoms with van der Waals surface area (Å²) >= 11 is 0. The Balaban J connectivity index is 3.49. The third kappa shape index (κ3) is 2.48. The van der Waals surface area contributed by atoms with Crippen molar-refractivity contribution in [2.24, 2.45) is 0 Å². The maximum atomic E-state index is 11.6. The molecular weight excluding hydrogens is 240 g/mol. The summed E-state index contributed by atoms with van der Waals surface area (Å²) in [5, 5.41) is 0. The van der Waals surface area contributed by atoms with Gasteiger partial charge in [-0.2, -0.15) is 0 Å². The Bertz CT molecular complexity index is 457. The van der Waals surface area contributed by atoms with Crippen molar-refractivity contribution in [2.45, 2.75) is 0 Å². The highest BCUT2D eigenvalue weighted by Gasteiger charge is 2.25. The molecule has 0 fully saturated rings. The second-order valence-electron chi connectivity index (χ2n) is 3.13. The van der Waals surface area contributed by atoms with Crippen LogP contribution in [-0.4, -0.2) is 39.2 Å². The highest BCUT2D eigenvalue weighted by atomic mass is 16.5. The lowest BCUT2D eigenvalue weighted by molar-refractivity contribution is 0.0535. The fourth-order valence-electron chi connectivity index (χ4n) is 1.36. The number of methoxy groups -OCH3 is 3. The zero-order valence-electron chi connectivity index (χ0n) is 10.1. The third-order valence-electron chi connectivity index (χ3n) is 2.19. The number of esters is 3. The van der Waals surface area contributed by atoms with Crippen molar-refractivity contribution in [3.63, 3.8) is 0 Å². The van der Waals surface area contributed by atoms with E-state index in [2.05, 4.69) is 20.3 Å². The standard InChI is InChI=1S/C12H11O6/c1-16-10(13)7-5-4-6-8(11(14)17-2)9(7)12(15)18-3/h5-6H,1-3H3. The molecule has 0 saturated heterocycles. The summed E-state index contributed by atoms with van der Waals surface area (Å²) in [6.45, 7) is 0. The molecule has 18 heavy (non-hydrogen) atoms. The SMILES string of the molecule is COC(=O)c1c[c]cc(C(=O)OC)c1C(=O)OC. The Kier molecular flexibility index (Phi) is 4.42. The van der Waals surface area contributed by atoms with Crippen LogP contribution >= 0.6 is 0 Å². The van der Waals surface area contributed by atoms with E-state index in [1.54, 1.807) is 0 Å². The Morgan fingerprint density at radius 1 is 0.833 bits per heavy atom. The molecule has 0 aliphatic heterocycles. The lowest BCUT2D eigenvalue weighted by Gasteiger charge is -2.09. The zero-order chi connectivity index (χ0) is 13.7. The van der Waals surface area contributed by atoms with Crippen LogP contribution in [0, 0.1) is 6.07 Å². The number of carbonyl (C=O) groups is 3. The summed E-state index contributed by atoms with van der Waals surface area (Å²) in [6, 6.07) is 5.05. The maximum absolute atomic E-state index is 11.6. The van der Waals surface area contributed by atoms with Crippen molar-refractivity contribution in [1.29, 1.82) is 0 Å². The number of benzene rings is 1. The molecule has 6 heteroatoms. The molecule has 0 atom stereocenters. The van der Waals surface area contributed by atoms with Crippen LogP contribution in [0.4, 0.5) is 0 Å². The molecule has 0 N–H and O–H groups in total. The molecule has 0 unspecified atom stereocenters. The number of hydrogen-bond acceptors (Lipinski definition) is 6. The lowest BCUT2D eigenvalue weighted by Crippen LogP contribution is -2.17. The second kappa shape index (κ2) is 5.81. The number of ether oxygens (including phenoxy) is 3. The summed E-state index contributed by atoms with van der Waals surface area (Å²) in [6.07, 6.45) is 0. The van der Waals surface area contributed by atoms with Gasteiger partial charge in [0.05, 0.1) is 38.0 Å². The van der Waals surface area contributed by atoms with Gasteiger partial charge in [0.2, 0.25) is 0 Å². The first-order valence-corrected chi connectivity index (χ1v) is 4.85. The Hall–Kier alpha value is -2.37. The highest BCUT2D eigenvalue weighted by Crippen LogP contribution is 2.18. The fourth-order valence-corrected chi connectivity index (χ4v) is 1.36. The van der Waals surface area contributed by atoms with E-state index >= 15 is 0 Å². The summed E-state index contributed by atoms with van der Waals surface area (Å²) in [5.41, 5.74) is -0.408. The number of rotatable bonds is 3. The van der Waals surface area contributed by atoms with Gasteiger partial charge in [-0.25, -0.2) is 14.4 Å². The lowest BCUT2D eigenvalue weighted by atomic mass is 10.0. The van der Waals surface area contributed by atoms with Gasteiger partial charge in [0.15, 0.2) is 0 Å². The monoisotopic (exact) mass is 251 g/mol. The molecule has 0 spiro atoms. The van der Waals surface area contributed by atoms with Gasteiger partial charge < -0.3 is 14.2 Å². The third-order valence-corrected chi connectivity index (χ3v) is 2.19. The normalized spacial score (nSPS) is 9.50. The molecule has 1 aromatic rings. The van der Waals surface area contributed by atoms with Crippen molar-refractivity contribution < 1.29 is 28.6 Å². The average Bonchev–Trinajstić information content (AvgIpc) is 2.43. The van der Waals surface area contributed by atoms with Crippen LogP contribution in [0.5, 0.6) is 0 Å². The molecule has 0 bridgehead atoms. The van der Waals surface area contributed by atoms with Crippen molar-refractivity contribution >= 4 is 17.9 Å². The molecule has 0 amide bonds. The molecule has 0 heterocycles. The van der Waals surface area contributed by atoms with Gasteiger partial charge >= 0.3 is 17.9 Å². The Labute approximate surface area is 103 Å². The van der Waals surface area contributed by atoms with Gasteiger partial charge in [-0.1, -0.05) is 0 Å². The summed E-state index contributed by atoms with van der Waals surface area (Å²) < 4.78 is 13.6. The van der Waals surface area contributed by atoms with Crippen molar-refractivity contribution in [3.05, 3.63) is 34.9 Å². The van der Waals surface area contributed by atoms with E-state index in [-0.39, 0.29) is 16.7 Å². The van der Waals surface area contributed by atoms with Crippen LogP contribution in [0.1, 0.15) is 31.1 Å². The van der Waals surface area contributed by atoms with Crippen LogP contribution in [-0.2, 0) is 14.2 Å². The Morgan fingerprint density at radius 2 is 1.22 bits per heavy atom. The van der Waals surface area contributed by atoms with E-state index in [0.717, 1.165) is 21.3 Å². The predicted molar refractivity (Wildman–Crippen MR) is 59.3 cm³/mol. The van der Waals surface area contributed by atoms with E-state index in [1.807, 2.05) is 0 Å². The van der Waals surface area contributed by atoms with Crippen molar-refractivity contribution in [3.8, 4) is 0 Å². The van der Waals surface area contributed by atoms with Crippen LogP contribution in [0.3, 0.4) is 0 Å². The average molecular weight is 251 g/mol. The molecule has 0 saturated carbocycles.